The number of hydrogen-bond donors (Lipinski definition) is 1. The molecule has 0 aliphatic rings. The van der Waals surface area contributed by atoms with Gasteiger partial charge in [-0.1, -0.05) is 26.0 Å². The van der Waals surface area contributed by atoms with E-state index in [1.165, 1.54) is 9.13 Å². The van der Waals surface area contributed by atoms with Crippen molar-refractivity contribution in [3.63, 3.8) is 0 Å². The monoisotopic (exact) mass is 289 g/mol. The van der Waals surface area contributed by atoms with Crippen molar-refractivity contribution in [1.29, 1.82) is 0 Å². The second kappa shape index (κ2) is 4.42. The van der Waals surface area contributed by atoms with E-state index in [-0.39, 0.29) is 5.41 Å². The molecule has 1 aromatic carbocycles. The lowest BCUT2D eigenvalue weighted by atomic mass is 9.86. The van der Waals surface area contributed by atoms with Crippen LogP contribution in [0, 0.1) is 8.99 Å². The maximum absolute atomic E-state index is 5.68. The van der Waals surface area contributed by atoms with Gasteiger partial charge in [-0.3, -0.25) is 0 Å². The van der Waals surface area contributed by atoms with Crippen molar-refractivity contribution in [2.45, 2.75) is 20.3 Å². The Balaban J connectivity index is 2.69. The van der Waals surface area contributed by atoms with E-state index in [2.05, 4.69) is 60.7 Å². The molecule has 72 valence electrons. The van der Waals surface area contributed by atoms with Gasteiger partial charge < -0.3 is 5.73 Å². The Labute approximate surface area is 93.9 Å². The molecule has 0 saturated carbocycles. The number of nitrogens with two attached hydrogens (primary N) is 1. The lowest BCUT2D eigenvalue weighted by Gasteiger charge is -2.22. The fraction of sp³-hybridized carbons (Fsp3) is 0.455. The van der Waals surface area contributed by atoms with Gasteiger partial charge in [-0.2, -0.15) is 0 Å². The molecule has 1 rings (SSSR count). The largest absolute Gasteiger partial charge is 0.330 e. The molecule has 0 aliphatic carbocycles. The first-order chi connectivity index (χ1) is 6.03. The first-order valence-electron chi connectivity index (χ1n) is 4.48. The lowest BCUT2D eigenvalue weighted by Crippen LogP contribution is -2.25. The molecule has 1 nitrogen and oxygen atoms in total. The van der Waals surface area contributed by atoms with Crippen LogP contribution in [0.1, 0.15) is 19.4 Å². The molecule has 0 heterocycles. The molecule has 0 spiro atoms. The van der Waals surface area contributed by atoms with Crippen LogP contribution >= 0.6 is 22.6 Å². The molecular weight excluding hydrogens is 273 g/mol. The topological polar surface area (TPSA) is 26.0 Å². The van der Waals surface area contributed by atoms with Crippen LogP contribution in [-0.2, 0) is 6.42 Å². The van der Waals surface area contributed by atoms with Gasteiger partial charge in [0.2, 0.25) is 0 Å². The summed E-state index contributed by atoms with van der Waals surface area (Å²) >= 11 is 2.32. The van der Waals surface area contributed by atoms with Crippen LogP contribution in [0.5, 0.6) is 0 Å². The molecule has 13 heavy (non-hydrogen) atoms. The van der Waals surface area contributed by atoms with Crippen molar-refractivity contribution in [2.24, 2.45) is 11.1 Å². The molecule has 0 bridgehead atoms. The minimum Gasteiger partial charge on any atom is -0.330 e. The zero-order valence-corrected chi connectivity index (χ0v) is 10.3. The molecule has 2 N–H and O–H groups in total. The Hall–Kier alpha value is -0.0900. The third-order valence-electron chi connectivity index (χ3n) is 2.15. The van der Waals surface area contributed by atoms with Crippen molar-refractivity contribution in [1.82, 2.24) is 0 Å². The third-order valence-corrected chi connectivity index (χ3v) is 2.87. The van der Waals surface area contributed by atoms with E-state index < -0.39 is 0 Å². The van der Waals surface area contributed by atoms with Crippen molar-refractivity contribution >= 4 is 22.6 Å². The van der Waals surface area contributed by atoms with Crippen LogP contribution in [-0.4, -0.2) is 6.54 Å². The fourth-order valence-corrected chi connectivity index (χ4v) is 1.59. The minimum atomic E-state index is 0.215. The van der Waals surface area contributed by atoms with Gasteiger partial charge in [-0.15, -0.1) is 0 Å². The summed E-state index contributed by atoms with van der Waals surface area (Å²) in [5.74, 6) is 0. The Morgan fingerprint density at radius 3 is 2.23 bits per heavy atom. The van der Waals surface area contributed by atoms with Gasteiger partial charge in [0, 0.05) is 3.57 Å². The van der Waals surface area contributed by atoms with Crippen molar-refractivity contribution < 1.29 is 0 Å². The van der Waals surface area contributed by atoms with Crippen molar-refractivity contribution in [3.8, 4) is 0 Å². The van der Waals surface area contributed by atoms with E-state index in [0.29, 0.717) is 0 Å². The predicted molar refractivity (Wildman–Crippen MR) is 65.7 cm³/mol. The zero-order chi connectivity index (χ0) is 9.90. The molecule has 0 aromatic heterocycles. The van der Waals surface area contributed by atoms with Gasteiger partial charge in [0.15, 0.2) is 0 Å². The SMILES string of the molecule is CC(C)(CN)Cc1ccc(I)cc1. The molecule has 0 fully saturated rings. The summed E-state index contributed by atoms with van der Waals surface area (Å²) in [7, 11) is 0. The summed E-state index contributed by atoms with van der Waals surface area (Å²) in [4.78, 5) is 0. The number of hydrogen-bond acceptors (Lipinski definition) is 1. The maximum atomic E-state index is 5.68. The average molecular weight is 289 g/mol. The van der Waals surface area contributed by atoms with Crippen LogP contribution < -0.4 is 5.73 Å². The van der Waals surface area contributed by atoms with Gasteiger partial charge in [0.1, 0.15) is 0 Å². The highest BCUT2D eigenvalue weighted by Gasteiger charge is 2.15. The third kappa shape index (κ3) is 3.65. The van der Waals surface area contributed by atoms with Crippen LogP contribution in [0.3, 0.4) is 0 Å². The first-order valence-corrected chi connectivity index (χ1v) is 5.56. The molecule has 0 unspecified atom stereocenters. The van der Waals surface area contributed by atoms with Crippen LogP contribution in [0.25, 0.3) is 0 Å². The van der Waals surface area contributed by atoms with Gasteiger partial charge in [-0.05, 0) is 58.7 Å². The maximum Gasteiger partial charge on any atom is 0.0130 e. The minimum absolute atomic E-state index is 0.215. The molecule has 1 aromatic rings. The molecule has 2 heteroatoms. The highest BCUT2D eigenvalue weighted by atomic mass is 127. The average Bonchev–Trinajstić information content (AvgIpc) is 2.09. The summed E-state index contributed by atoms with van der Waals surface area (Å²) in [5.41, 5.74) is 7.27. The number of rotatable bonds is 3. The van der Waals surface area contributed by atoms with E-state index in [1.807, 2.05) is 0 Å². The predicted octanol–water partition coefficient (Wildman–Crippen LogP) is 2.82. The summed E-state index contributed by atoms with van der Waals surface area (Å²) in [6, 6.07) is 8.64. The Bertz CT molecular complexity index is 264. The smallest absolute Gasteiger partial charge is 0.0130 e. The second-order valence-electron chi connectivity index (χ2n) is 4.17. The highest BCUT2D eigenvalue weighted by molar-refractivity contribution is 14.1. The fourth-order valence-electron chi connectivity index (χ4n) is 1.23. The van der Waals surface area contributed by atoms with Crippen molar-refractivity contribution in [2.75, 3.05) is 6.54 Å². The second-order valence-corrected chi connectivity index (χ2v) is 5.42. The summed E-state index contributed by atoms with van der Waals surface area (Å²) in [5, 5.41) is 0. The standard InChI is InChI=1S/C11H16IN/c1-11(2,8-13)7-9-3-5-10(12)6-4-9/h3-6H,7-8,13H2,1-2H3. The molecular formula is C11H16IN. The quantitative estimate of drug-likeness (QED) is 0.851. The summed E-state index contributed by atoms with van der Waals surface area (Å²) < 4.78 is 1.28. The summed E-state index contributed by atoms with van der Waals surface area (Å²) in [6.07, 6.45) is 1.06. The van der Waals surface area contributed by atoms with Gasteiger partial charge in [0.05, 0.1) is 0 Å². The van der Waals surface area contributed by atoms with E-state index in [1.54, 1.807) is 0 Å². The number of benzene rings is 1. The van der Waals surface area contributed by atoms with Gasteiger partial charge >= 0.3 is 0 Å². The zero-order valence-electron chi connectivity index (χ0n) is 8.18. The van der Waals surface area contributed by atoms with E-state index in [9.17, 15) is 0 Å². The molecule has 0 aliphatic heterocycles. The number of halogens is 1. The molecule has 0 amide bonds. The van der Waals surface area contributed by atoms with Crippen LogP contribution in [0.2, 0.25) is 0 Å². The van der Waals surface area contributed by atoms with E-state index in [0.717, 1.165) is 13.0 Å². The summed E-state index contributed by atoms with van der Waals surface area (Å²) in [6.45, 7) is 5.13. The molecule has 0 saturated heterocycles. The van der Waals surface area contributed by atoms with Crippen LogP contribution in [0.4, 0.5) is 0 Å². The Kier molecular flexibility index (Phi) is 3.74. The normalized spacial score (nSPS) is 11.7. The van der Waals surface area contributed by atoms with Crippen LogP contribution in [0.15, 0.2) is 24.3 Å². The Morgan fingerprint density at radius 1 is 1.23 bits per heavy atom. The van der Waals surface area contributed by atoms with Gasteiger partial charge in [-0.25, -0.2) is 0 Å². The van der Waals surface area contributed by atoms with Gasteiger partial charge in [0.25, 0.3) is 0 Å². The van der Waals surface area contributed by atoms with E-state index in [4.69, 9.17) is 5.73 Å². The van der Waals surface area contributed by atoms with Crippen molar-refractivity contribution in [3.05, 3.63) is 33.4 Å². The Morgan fingerprint density at radius 2 is 1.77 bits per heavy atom. The highest BCUT2D eigenvalue weighted by Crippen LogP contribution is 2.20. The van der Waals surface area contributed by atoms with E-state index >= 15 is 0 Å². The molecule has 0 atom stereocenters. The first kappa shape index (κ1) is 11.0. The molecule has 0 radical (unpaired) electrons. The lowest BCUT2D eigenvalue weighted by molar-refractivity contribution is 0.377.